The Morgan fingerprint density at radius 2 is 2.12 bits per heavy atom. The minimum atomic E-state index is -0.193. The van der Waals surface area contributed by atoms with Gasteiger partial charge in [0.25, 0.3) is 5.91 Å². The van der Waals surface area contributed by atoms with Crippen LogP contribution in [0.5, 0.6) is 5.75 Å². The van der Waals surface area contributed by atoms with Crippen LogP contribution in [0.15, 0.2) is 42.6 Å². The Morgan fingerprint density at radius 1 is 1.28 bits per heavy atom. The normalized spacial score (nSPS) is 16.4. The minimum absolute atomic E-state index is 0.193. The maximum atomic E-state index is 12.2. The Labute approximate surface area is 147 Å². The van der Waals surface area contributed by atoms with E-state index in [1.165, 1.54) is 0 Å². The van der Waals surface area contributed by atoms with E-state index < -0.39 is 0 Å². The fourth-order valence-electron chi connectivity index (χ4n) is 2.69. The fraction of sp³-hybridized carbons (Fsp3) is 0.368. The lowest BCUT2D eigenvalue weighted by atomic mass is 10.2. The van der Waals surface area contributed by atoms with Crippen LogP contribution in [0.4, 0.5) is 5.69 Å². The van der Waals surface area contributed by atoms with Gasteiger partial charge in [0, 0.05) is 19.7 Å². The maximum absolute atomic E-state index is 12.2. The zero-order valence-electron chi connectivity index (χ0n) is 14.3. The van der Waals surface area contributed by atoms with Gasteiger partial charge in [-0.15, -0.1) is 0 Å². The molecule has 1 atom stereocenters. The summed E-state index contributed by atoms with van der Waals surface area (Å²) in [6.45, 7) is 2.06. The summed E-state index contributed by atoms with van der Waals surface area (Å²) in [4.78, 5) is 16.4. The van der Waals surface area contributed by atoms with Gasteiger partial charge in [-0.2, -0.15) is 0 Å². The molecular weight excluding hydrogens is 318 g/mol. The third-order valence-electron chi connectivity index (χ3n) is 4.17. The van der Waals surface area contributed by atoms with Crippen LogP contribution in [-0.4, -0.2) is 37.3 Å². The molecule has 6 nitrogen and oxygen atoms in total. The van der Waals surface area contributed by atoms with Gasteiger partial charge in [0.1, 0.15) is 11.4 Å². The van der Waals surface area contributed by atoms with Gasteiger partial charge in [-0.1, -0.05) is 12.1 Å². The Morgan fingerprint density at radius 3 is 2.76 bits per heavy atom. The zero-order valence-corrected chi connectivity index (χ0v) is 14.3. The summed E-state index contributed by atoms with van der Waals surface area (Å²) in [7, 11) is 1.63. The number of pyridine rings is 1. The van der Waals surface area contributed by atoms with E-state index in [9.17, 15) is 4.79 Å². The number of rotatable bonds is 7. The standard InChI is InChI=1S/C19H23N3O3/c1-24-16-7-4-14(5-8-16)11-22-19(23)18-9-6-15(12-21-18)20-13-17-3-2-10-25-17/h4-9,12,17,20H,2-3,10-11,13H2,1H3,(H,22,23). The molecule has 25 heavy (non-hydrogen) atoms. The van der Waals surface area contributed by atoms with Crippen molar-refractivity contribution < 1.29 is 14.3 Å². The van der Waals surface area contributed by atoms with Crippen LogP contribution in [0.3, 0.4) is 0 Å². The number of carbonyl (C=O) groups is 1. The average molecular weight is 341 g/mol. The summed E-state index contributed by atoms with van der Waals surface area (Å²) in [5.41, 5.74) is 2.29. The topological polar surface area (TPSA) is 72.5 Å². The van der Waals surface area contributed by atoms with Gasteiger partial charge >= 0.3 is 0 Å². The molecule has 1 aromatic carbocycles. The summed E-state index contributed by atoms with van der Waals surface area (Å²) in [6.07, 6.45) is 4.16. The Bertz CT molecular complexity index is 680. The maximum Gasteiger partial charge on any atom is 0.270 e. The van der Waals surface area contributed by atoms with Crippen LogP contribution >= 0.6 is 0 Å². The third kappa shape index (κ3) is 4.93. The molecule has 1 aliphatic heterocycles. The van der Waals surface area contributed by atoms with Crippen molar-refractivity contribution in [2.45, 2.75) is 25.5 Å². The predicted octanol–water partition coefficient (Wildman–Crippen LogP) is 2.61. The number of hydrogen-bond donors (Lipinski definition) is 2. The molecular formula is C19H23N3O3. The van der Waals surface area contributed by atoms with E-state index in [-0.39, 0.29) is 12.0 Å². The molecule has 1 saturated heterocycles. The number of aromatic nitrogens is 1. The molecule has 0 bridgehead atoms. The molecule has 1 unspecified atom stereocenters. The number of anilines is 1. The van der Waals surface area contributed by atoms with E-state index in [0.717, 1.165) is 43.0 Å². The summed E-state index contributed by atoms with van der Waals surface area (Å²) in [5.74, 6) is 0.601. The second-order valence-electron chi connectivity index (χ2n) is 5.98. The summed E-state index contributed by atoms with van der Waals surface area (Å²) in [5, 5.41) is 6.16. The number of amides is 1. The molecule has 1 aromatic heterocycles. The van der Waals surface area contributed by atoms with Gasteiger partial charge in [0.15, 0.2) is 0 Å². The van der Waals surface area contributed by atoms with Gasteiger partial charge in [0.05, 0.1) is 25.1 Å². The number of ether oxygens (including phenoxy) is 2. The summed E-state index contributed by atoms with van der Waals surface area (Å²) < 4.78 is 10.7. The highest BCUT2D eigenvalue weighted by molar-refractivity contribution is 5.92. The van der Waals surface area contributed by atoms with Gasteiger partial charge in [-0.25, -0.2) is 4.98 Å². The zero-order chi connectivity index (χ0) is 17.5. The molecule has 0 spiro atoms. The van der Waals surface area contributed by atoms with Crippen LogP contribution < -0.4 is 15.4 Å². The van der Waals surface area contributed by atoms with Crippen molar-refractivity contribution >= 4 is 11.6 Å². The van der Waals surface area contributed by atoms with E-state index >= 15 is 0 Å². The van der Waals surface area contributed by atoms with E-state index in [1.54, 1.807) is 19.4 Å². The first kappa shape index (κ1) is 17.2. The van der Waals surface area contributed by atoms with Crippen molar-refractivity contribution in [3.8, 4) is 5.75 Å². The molecule has 1 amide bonds. The summed E-state index contributed by atoms with van der Waals surface area (Å²) in [6, 6.07) is 11.2. The van der Waals surface area contributed by atoms with Crippen LogP contribution in [0.25, 0.3) is 0 Å². The molecule has 2 N–H and O–H groups in total. The SMILES string of the molecule is COc1ccc(CNC(=O)c2ccc(NCC3CCCO3)cn2)cc1. The van der Waals surface area contributed by atoms with Gasteiger partial charge in [0.2, 0.25) is 0 Å². The van der Waals surface area contributed by atoms with Crippen molar-refractivity contribution in [3.05, 3.63) is 53.9 Å². The first-order valence-corrected chi connectivity index (χ1v) is 8.47. The largest absolute Gasteiger partial charge is 0.497 e. The smallest absolute Gasteiger partial charge is 0.270 e. The second-order valence-corrected chi connectivity index (χ2v) is 5.98. The Hall–Kier alpha value is -2.60. The van der Waals surface area contributed by atoms with Gasteiger partial charge in [-0.05, 0) is 42.7 Å². The van der Waals surface area contributed by atoms with Crippen molar-refractivity contribution in [1.29, 1.82) is 0 Å². The van der Waals surface area contributed by atoms with Crippen LogP contribution in [0.1, 0.15) is 28.9 Å². The molecule has 1 fully saturated rings. The molecule has 2 aromatic rings. The molecule has 3 rings (SSSR count). The third-order valence-corrected chi connectivity index (χ3v) is 4.17. The predicted molar refractivity (Wildman–Crippen MR) is 95.9 cm³/mol. The molecule has 0 saturated carbocycles. The quantitative estimate of drug-likeness (QED) is 0.810. The first-order chi connectivity index (χ1) is 12.2. The lowest BCUT2D eigenvalue weighted by molar-refractivity contribution is 0.0946. The van der Waals surface area contributed by atoms with E-state index in [4.69, 9.17) is 9.47 Å². The van der Waals surface area contributed by atoms with Gasteiger partial charge in [-0.3, -0.25) is 4.79 Å². The van der Waals surface area contributed by atoms with E-state index in [1.807, 2.05) is 30.3 Å². The Kier molecular flexibility index (Phi) is 5.85. The molecule has 2 heterocycles. The number of hydrogen-bond acceptors (Lipinski definition) is 5. The molecule has 0 radical (unpaired) electrons. The monoisotopic (exact) mass is 341 g/mol. The van der Waals surface area contributed by atoms with Crippen molar-refractivity contribution in [2.75, 3.05) is 25.6 Å². The molecule has 6 heteroatoms. The van der Waals surface area contributed by atoms with Crippen molar-refractivity contribution in [2.24, 2.45) is 0 Å². The van der Waals surface area contributed by atoms with Crippen LogP contribution in [0.2, 0.25) is 0 Å². The fourth-order valence-corrected chi connectivity index (χ4v) is 2.69. The highest BCUT2D eigenvalue weighted by Gasteiger charge is 2.15. The number of nitrogens with one attached hydrogen (secondary N) is 2. The van der Waals surface area contributed by atoms with E-state index in [0.29, 0.717) is 12.2 Å². The van der Waals surface area contributed by atoms with Crippen molar-refractivity contribution in [1.82, 2.24) is 10.3 Å². The average Bonchev–Trinajstić information content (AvgIpc) is 3.19. The highest BCUT2D eigenvalue weighted by Crippen LogP contribution is 2.14. The summed E-state index contributed by atoms with van der Waals surface area (Å²) >= 11 is 0. The molecule has 132 valence electrons. The lowest BCUT2D eigenvalue weighted by Crippen LogP contribution is -2.24. The minimum Gasteiger partial charge on any atom is -0.497 e. The Balaban J connectivity index is 1.47. The number of carbonyl (C=O) groups excluding carboxylic acids is 1. The van der Waals surface area contributed by atoms with E-state index in [2.05, 4.69) is 15.6 Å². The number of benzene rings is 1. The number of nitrogens with zero attached hydrogens (tertiary/aromatic N) is 1. The molecule has 0 aliphatic carbocycles. The number of methoxy groups -OCH3 is 1. The highest BCUT2D eigenvalue weighted by atomic mass is 16.5. The first-order valence-electron chi connectivity index (χ1n) is 8.47. The van der Waals surface area contributed by atoms with Gasteiger partial charge < -0.3 is 20.1 Å². The second kappa shape index (κ2) is 8.48. The molecule has 1 aliphatic rings. The van der Waals surface area contributed by atoms with Crippen molar-refractivity contribution in [3.63, 3.8) is 0 Å². The van der Waals surface area contributed by atoms with Crippen LogP contribution in [-0.2, 0) is 11.3 Å². The van der Waals surface area contributed by atoms with Crippen LogP contribution in [0, 0.1) is 0 Å². The lowest BCUT2D eigenvalue weighted by Gasteiger charge is -2.12.